The highest BCUT2D eigenvalue weighted by Crippen LogP contribution is 2.16. The number of rotatable bonds is 9. The van der Waals surface area contributed by atoms with Gasteiger partial charge < -0.3 is 25.3 Å². The van der Waals surface area contributed by atoms with E-state index in [-0.39, 0.29) is 5.91 Å². The van der Waals surface area contributed by atoms with E-state index in [1.165, 1.54) is 32.1 Å². The van der Waals surface area contributed by atoms with Gasteiger partial charge in [-0.2, -0.15) is 0 Å². The minimum atomic E-state index is -0.200. The van der Waals surface area contributed by atoms with Crippen molar-refractivity contribution in [2.45, 2.75) is 45.6 Å². The first-order valence-electron chi connectivity index (χ1n) is 9.78. The molecule has 1 aliphatic heterocycles. The van der Waals surface area contributed by atoms with Crippen molar-refractivity contribution < 1.29 is 9.21 Å². The van der Waals surface area contributed by atoms with Crippen LogP contribution in [0.1, 0.15) is 50.1 Å². The van der Waals surface area contributed by atoms with Crippen LogP contribution < -0.4 is 16.0 Å². The van der Waals surface area contributed by atoms with Gasteiger partial charge in [0.15, 0.2) is 11.7 Å². The molecular formula is C19H33N5O2. The summed E-state index contributed by atoms with van der Waals surface area (Å²) in [6, 6.07) is 4.06. The first-order valence-corrected chi connectivity index (χ1v) is 9.78. The smallest absolute Gasteiger partial charge is 0.287 e. The number of hydrogen-bond donors (Lipinski definition) is 3. The molecule has 1 aromatic heterocycles. The Balaban J connectivity index is 1.63. The third-order valence-corrected chi connectivity index (χ3v) is 4.61. The second-order valence-electron chi connectivity index (χ2n) is 6.65. The van der Waals surface area contributed by atoms with E-state index >= 15 is 0 Å². The monoisotopic (exact) mass is 363 g/mol. The van der Waals surface area contributed by atoms with Crippen LogP contribution in [0.2, 0.25) is 0 Å². The van der Waals surface area contributed by atoms with E-state index < -0.39 is 0 Å². The molecular weight excluding hydrogens is 330 g/mol. The molecule has 26 heavy (non-hydrogen) atoms. The van der Waals surface area contributed by atoms with Crippen molar-refractivity contribution in [1.82, 2.24) is 20.9 Å². The highest BCUT2D eigenvalue weighted by molar-refractivity contribution is 5.91. The van der Waals surface area contributed by atoms with Crippen molar-refractivity contribution in [3.63, 3.8) is 0 Å². The van der Waals surface area contributed by atoms with Crippen molar-refractivity contribution in [2.24, 2.45) is 4.99 Å². The number of hydrogen-bond acceptors (Lipinski definition) is 4. The van der Waals surface area contributed by atoms with Crippen LogP contribution in [0, 0.1) is 0 Å². The van der Waals surface area contributed by atoms with Gasteiger partial charge in [-0.15, -0.1) is 0 Å². The molecule has 2 heterocycles. The van der Waals surface area contributed by atoms with Gasteiger partial charge in [-0.3, -0.25) is 9.79 Å². The van der Waals surface area contributed by atoms with Crippen LogP contribution in [0.5, 0.6) is 0 Å². The van der Waals surface area contributed by atoms with Crippen molar-refractivity contribution in [1.29, 1.82) is 0 Å². The lowest BCUT2D eigenvalue weighted by Crippen LogP contribution is -2.41. The maximum Gasteiger partial charge on any atom is 0.287 e. The molecule has 0 spiro atoms. The molecule has 1 unspecified atom stereocenters. The van der Waals surface area contributed by atoms with Gasteiger partial charge >= 0.3 is 0 Å². The van der Waals surface area contributed by atoms with Crippen molar-refractivity contribution >= 4 is 11.9 Å². The fourth-order valence-electron chi connectivity index (χ4n) is 3.15. The second kappa shape index (κ2) is 11.6. The van der Waals surface area contributed by atoms with Crippen molar-refractivity contribution in [3.8, 4) is 0 Å². The summed E-state index contributed by atoms with van der Waals surface area (Å²) in [5.74, 6) is 0.929. The normalized spacial score (nSPS) is 18.5. The molecule has 2 rings (SSSR count). The zero-order valence-electron chi connectivity index (χ0n) is 16.1. The van der Waals surface area contributed by atoms with E-state index in [0.29, 0.717) is 24.9 Å². The van der Waals surface area contributed by atoms with Crippen LogP contribution in [0.25, 0.3) is 0 Å². The first kappa shape index (κ1) is 20.3. The van der Waals surface area contributed by atoms with Crippen LogP contribution in [-0.2, 0) is 0 Å². The van der Waals surface area contributed by atoms with Gasteiger partial charge in [0.05, 0.1) is 6.26 Å². The predicted molar refractivity (Wildman–Crippen MR) is 105 cm³/mol. The summed E-state index contributed by atoms with van der Waals surface area (Å²) in [6.45, 7) is 9.44. The van der Waals surface area contributed by atoms with Crippen LogP contribution >= 0.6 is 0 Å². The summed E-state index contributed by atoms with van der Waals surface area (Å²) < 4.78 is 5.06. The van der Waals surface area contributed by atoms with Crippen LogP contribution in [0.4, 0.5) is 0 Å². The number of likely N-dealkylation sites (tertiary alicyclic amines) is 1. The van der Waals surface area contributed by atoms with Gasteiger partial charge in [-0.1, -0.05) is 6.42 Å². The van der Waals surface area contributed by atoms with E-state index in [4.69, 9.17) is 4.42 Å². The molecule has 1 fully saturated rings. The third kappa shape index (κ3) is 7.07. The lowest BCUT2D eigenvalue weighted by Gasteiger charge is -2.33. The van der Waals surface area contributed by atoms with Crippen molar-refractivity contribution in [2.75, 3.05) is 39.3 Å². The maximum atomic E-state index is 11.8. The van der Waals surface area contributed by atoms with E-state index in [9.17, 15) is 4.79 Å². The number of furan rings is 1. The molecule has 7 heteroatoms. The van der Waals surface area contributed by atoms with E-state index in [1.807, 2.05) is 6.92 Å². The Hall–Kier alpha value is -2.02. The van der Waals surface area contributed by atoms with Crippen LogP contribution in [0.3, 0.4) is 0 Å². The Morgan fingerprint density at radius 3 is 2.88 bits per heavy atom. The molecule has 0 radical (unpaired) electrons. The predicted octanol–water partition coefficient (Wildman–Crippen LogP) is 1.83. The molecule has 3 N–H and O–H groups in total. The fourth-order valence-corrected chi connectivity index (χ4v) is 3.15. The number of nitrogens with one attached hydrogen (secondary N) is 3. The topological polar surface area (TPSA) is 81.9 Å². The SMILES string of the molecule is CCNC(=NCCCN1CCCCC1C)NCCNC(=O)c1ccco1. The Morgan fingerprint density at radius 1 is 1.31 bits per heavy atom. The summed E-state index contributed by atoms with van der Waals surface area (Å²) in [5, 5.41) is 9.30. The maximum absolute atomic E-state index is 11.8. The summed E-state index contributed by atoms with van der Waals surface area (Å²) in [6.07, 6.45) is 6.56. The Kier molecular flexibility index (Phi) is 9.03. The summed E-state index contributed by atoms with van der Waals surface area (Å²) in [5.41, 5.74) is 0. The Bertz CT molecular complexity index is 544. The number of amides is 1. The highest BCUT2D eigenvalue weighted by atomic mass is 16.3. The Labute approximate surface area is 156 Å². The van der Waals surface area contributed by atoms with Crippen LogP contribution in [-0.4, -0.2) is 62.1 Å². The van der Waals surface area contributed by atoms with Gasteiger partial charge in [0.2, 0.25) is 0 Å². The number of carbonyl (C=O) groups excluding carboxylic acids is 1. The molecule has 7 nitrogen and oxygen atoms in total. The molecule has 1 amide bonds. The summed E-state index contributed by atoms with van der Waals surface area (Å²) in [4.78, 5) is 19.0. The van der Waals surface area contributed by atoms with Crippen molar-refractivity contribution in [3.05, 3.63) is 24.2 Å². The van der Waals surface area contributed by atoms with Gasteiger partial charge in [-0.05, 0) is 51.8 Å². The standard InChI is InChI=1S/C19H33N5O2/c1-3-20-19(22-10-7-14-24-13-5-4-8-16(24)2)23-12-11-21-18(25)17-9-6-15-26-17/h6,9,15-16H,3-5,7-8,10-14H2,1-2H3,(H,21,25)(H2,20,22,23). The number of piperidine rings is 1. The largest absolute Gasteiger partial charge is 0.459 e. The number of nitrogens with zero attached hydrogens (tertiary/aromatic N) is 2. The van der Waals surface area contributed by atoms with Crippen LogP contribution in [0.15, 0.2) is 27.8 Å². The second-order valence-corrected chi connectivity index (χ2v) is 6.65. The van der Waals surface area contributed by atoms with Gasteiger partial charge in [-0.25, -0.2) is 0 Å². The molecule has 1 atom stereocenters. The first-order chi connectivity index (χ1) is 12.7. The molecule has 0 aliphatic carbocycles. The molecule has 0 aromatic carbocycles. The minimum absolute atomic E-state index is 0.200. The quantitative estimate of drug-likeness (QED) is 0.354. The zero-order valence-corrected chi connectivity index (χ0v) is 16.1. The zero-order chi connectivity index (χ0) is 18.6. The molecule has 0 bridgehead atoms. The fraction of sp³-hybridized carbons (Fsp3) is 0.684. The van der Waals surface area contributed by atoms with E-state index in [0.717, 1.165) is 32.0 Å². The molecule has 146 valence electrons. The average Bonchev–Trinajstić information content (AvgIpc) is 3.18. The van der Waals surface area contributed by atoms with Gasteiger partial charge in [0, 0.05) is 38.8 Å². The molecule has 0 saturated carbocycles. The molecule has 1 aliphatic rings. The molecule has 1 saturated heterocycles. The number of guanidine groups is 1. The third-order valence-electron chi connectivity index (χ3n) is 4.61. The Morgan fingerprint density at radius 2 is 2.15 bits per heavy atom. The van der Waals surface area contributed by atoms with E-state index in [2.05, 4.69) is 32.8 Å². The highest BCUT2D eigenvalue weighted by Gasteiger charge is 2.16. The summed E-state index contributed by atoms with van der Waals surface area (Å²) in [7, 11) is 0. The molecule has 1 aromatic rings. The lowest BCUT2D eigenvalue weighted by atomic mass is 10.0. The average molecular weight is 364 g/mol. The van der Waals surface area contributed by atoms with Gasteiger partial charge in [0.1, 0.15) is 0 Å². The summed E-state index contributed by atoms with van der Waals surface area (Å²) >= 11 is 0. The minimum Gasteiger partial charge on any atom is -0.459 e. The lowest BCUT2D eigenvalue weighted by molar-refractivity contribution is 0.0926. The van der Waals surface area contributed by atoms with E-state index in [1.54, 1.807) is 12.1 Å². The number of carbonyl (C=O) groups is 1. The van der Waals surface area contributed by atoms with Gasteiger partial charge in [0.25, 0.3) is 5.91 Å². The number of aliphatic imine (C=N–C) groups is 1.